The first-order valence-corrected chi connectivity index (χ1v) is 6.19. The Kier molecular flexibility index (Phi) is 2.67. The topological polar surface area (TPSA) is 74.7 Å². The predicted molar refractivity (Wildman–Crippen MR) is 72.9 cm³/mol. The van der Waals surface area contributed by atoms with Crippen molar-refractivity contribution in [2.24, 2.45) is 0 Å². The minimum absolute atomic E-state index is 0.224. The van der Waals surface area contributed by atoms with E-state index in [2.05, 4.69) is 20.2 Å². The number of aryl methyl sites for hydroxylation is 2. The molecule has 2 N–H and O–H groups in total. The summed E-state index contributed by atoms with van der Waals surface area (Å²) in [5.41, 5.74) is 4.37. The average molecular weight is 254 g/mol. The zero-order valence-electron chi connectivity index (χ0n) is 10.8. The fourth-order valence-corrected chi connectivity index (χ4v) is 2.11. The van der Waals surface area contributed by atoms with Crippen LogP contribution < -0.4 is 0 Å². The zero-order chi connectivity index (χ0) is 13.4. The van der Waals surface area contributed by atoms with Crippen LogP contribution in [0.5, 0.6) is 5.75 Å². The van der Waals surface area contributed by atoms with Crippen LogP contribution in [0.3, 0.4) is 0 Å². The van der Waals surface area contributed by atoms with Crippen LogP contribution in [0.1, 0.15) is 18.3 Å². The molecule has 2 heterocycles. The van der Waals surface area contributed by atoms with Crippen LogP contribution in [-0.4, -0.2) is 25.3 Å². The summed E-state index contributed by atoms with van der Waals surface area (Å²) in [5.74, 6) is 0.984. The molecule has 0 aliphatic carbocycles. The average Bonchev–Trinajstić information content (AvgIpc) is 2.81. The molecule has 2 aromatic heterocycles. The highest BCUT2D eigenvalue weighted by Crippen LogP contribution is 2.25. The van der Waals surface area contributed by atoms with Crippen molar-refractivity contribution in [3.05, 3.63) is 35.7 Å². The monoisotopic (exact) mass is 254 g/mol. The first-order valence-electron chi connectivity index (χ1n) is 6.19. The lowest BCUT2D eigenvalue weighted by Crippen LogP contribution is -1.98. The van der Waals surface area contributed by atoms with Gasteiger partial charge in [0.05, 0.1) is 22.4 Å². The number of aromatic amines is 1. The maximum absolute atomic E-state index is 9.48. The first kappa shape index (κ1) is 11.6. The van der Waals surface area contributed by atoms with Crippen LogP contribution in [0, 0.1) is 6.92 Å². The van der Waals surface area contributed by atoms with Crippen molar-refractivity contribution in [2.75, 3.05) is 0 Å². The summed E-state index contributed by atoms with van der Waals surface area (Å²) in [4.78, 5) is 7.76. The fourth-order valence-electron chi connectivity index (χ4n) is 2.11. The number of fused-ring (bicyclic) bond motifs is 1. The second-order valence-corrected chi connectivity index (χ2v) is 4.49. The van der Waals surface area contributed by atoms with E-state index in [0.717, 1.165) is 40.2 Å². The zero-order valence-corrected chi connectivity index (χ0v) is 10.8. The Balaban J connectivity index is 2.21. The van der Waals surface area contributed by atoms with Crippen LogP contribution in [0.25, 0.3) is 22.4 Å². The number of aromatic hydroxyl groups is 1. The van der Waals surface area contributed by atoms with Crippen LogP contribution >= 0.6 is 0 Å². The molecular weight excluding hydrogens is 240 g/mol. The summed E-state index contributed by atoms with van der Waals surface area (Å²) < 4.78 is 0. The van der Waals surface area contributed by atoms with E-state index in [9.17, 15) is 5.11 Å². The molecule has 5 heteroatoms. The quantitative estimate of drug-likeness (QED) is 0.737. The van der Waals surface area contributed by atoms with Crippen LogP contribution in [0.4, 0.5) is 0 Å². The molecule has 0 unspecified atom stereocenters. The Morgan fingerprint density at radius 3 is 2.84 bits per heavy atom. The Labute approximate surface area is 110 Å². The number of H-pyrrole nitrogens is 1. The number of phenols is 1. The molecule has 1 aromatic carbocycles. The third-order valence-electron chi connectivity index (χ3n) is 3.05. The third kappa shape index (κ3) is 2.03. The van der Waals surface area contributed by atoms with Crippen molar-refractivity contribution in [3.8, 4) is 17.1 Å². The van der Waals surface area contributed by atoms with Crippen molar-refractivity contribution in [1.82, 2.24) is 20.2 Å². The third-order valence-corrected chi connectivity index (χ3v) is 3.05. The molecule has 0 aliphatic heterocycles. The van der Waals surface area contributed by atoms with Gasteiger partial charge < -0.3 is 10.1 Å². The number of phenolic OH excluding ortho intramolecular Hbond substituents is 1. The van der Waals surface area contributed by atoms with Gasteiger partial charge in [0.15, 0.2) is 0 Å². The molecule has 96 valence electrons. The molecule has 0 atom stereocenters. The van der Waals surface area contributed by atoms with Crippen LogP contribution in [-0.2, 0) is 6.42 Å². The van der Waals surface area contributed by atoms with Crippen LogP contribution in [0.15, 0.2) is 24.3 Å². The van der Waals surface area contributed by atoms with Crippen molar-refractivity contribution in [1.29, 1.82) is 0 Å². The molecule has 3 aromatic rings. The number of nitrogens with zero attached hydrogens (tertiary/aromatic N) is 3. The molecule has 3 rings (SSSR count). The summed E-state index contributed by atoms with van der Waals surface area (Å²) >= 11 is 0. The number of nitrogens with one attached hydrogen (secondary N) is 1. The SMILES string of the molecule is CCc1nnc(C)cc1-c1nc2ccc(O)cc2[nH]1. The summed E-state index contributed by atoms with van der Waals surface area (Å²) in [6.07, 6.45) is 0.797. The number of imidazole rings is 1. The lowest BCUT2D eigenvalue weighted by molar-refractivity contribution is 0.476. The van der Waals surface area contributed by atoms with E-state index >= 15 is 0 Å². The Hall–Kier alpha value is -2.43. The molecule has 5 nitrogen and oxygen atoms in total. The molecule has 0 saturated carbocycles. The van der Waals surface area contributed by atoms with E-state index in [-0.39, 0.29) is 5.75 Å². The van der Waals surface area contributed by atoms with Gasteiger partial charge in [-0.25, -0.2) is 4.98 Å². The maximum atomic E-state index is 9.48. The highest BCUT2D eigenvalue weighted by atomic mass is 16.3. The van der Waals surface area contributed by atoms with Gasteiger partial charge >= 0.3 is 0 Å². The smallest absolute Gasteiger partial charge is 0.140 e. The molecule has 0 amide bonds. The highest BCUT2D eigenvalue weighted by molar-refractivity contribution is 5.81. The molecule has 0 aliphatic rings. The first-order chi connectivity index (χ1) is 9.17. The summed E-state index contributed by atoms with van der Waals surface area (Å²) in [6, 6.07) is 7.06. The van der Waals surface area contributed by atoms with E-state index < -0.39 is 0 Å². The maximum Gasteiger partial charge on any atom is 0.140 e. The van der Waals surface area contributed by atoms with Gasteiger partial charge in [-0.2, -0.15) is 10.2 Å². The summed E-state index contributed by atoms with van der Waals surface area (Å²) in [7, 11) is 0. The summed E-state index contributed by atoms with van der Waals surface area (Å²) in [5, 5.41) is 17.8. The lowest BCUT2D eigenvalue weighted by atomic mass is 10.1. The van der Waals surface area contributed by atoms with Crippen molar-refractivity contribution in [3.63, 3.8) is 0 Å². The molecule has 0 spiro atoms. The second-order valence-electron chi connectivity index (χ2n) is 4.49. The van der Waals surface area contributed by atoms with Gasteiger partial charge in [-0.15, -0.1) is 0 Å². The number of aromatic nitrogens is 4. The van der Waals surface area contributed by atoms with Crippen molar-refractivity contribution in [2.45, 2.75) is 20.3 Å². The minimum atomic E-state index is 0.224. The van der Waals surface area contributed by atoms with Gasteiger partial charge in [0, 0.05) is 11.6 Å². The number of rotatable bonds is 2. The summed E-state index contributed by atoms with van der Waals surface area (Å²) in [6.45, 7) is 3.95. The van der Waals surface area contributed by atoms with E-state index in [0.29, 0.717) is 0 Å². The minimum Gasteiger partial charge on any atom is -0.508 e. The Morgan fingerprint density at radius 2 is 2.05 bits per heavy atom. The Bertz CT molecular complexity index is 748. The van der Waals surface area contributed by atoms with Crippen molar-refractivity contribution >= 4 is 11.0 Å². The lowest BCUT2D eigenvalue weighted by Gasteiger charge is -2.03. The van der Waals surface area contributed by atoms with Gasteiger partial charge in [0.2, 0.25) is 0 Å². The van der Waals surface area contributed by atoms with Gasteiger partial charge in [0.25, 0.3) is 0 Å². The predicted octanol–water partition coefficient (Wildman–Crippen LogP) is 2.60. The van der Waals surface area contributed by atoms with Gasteiger partial charge in [0.1, 0.15) is 11.6 Å². The number of hydrogen-bond acceptors (Lipinski definition) is 4. The Morgan fingerprint density at radius 1 is 1.21 bits per heavy atom. The van der Waals surface area contributed by atoms with E-state index in [1.54, 1.807) is 18.2 Å². The van der Waals surface area contributed by atoms with E-state index in [1.165, 1.54) is 0 Å². The highest BCUT2D eigenvalue weighted by Gasteiger charge is 2.11. The van der Waals surface area contributed by atoms with Gasteiger partial charge in [-0.05, 0) is 31.5 Å². The number of hydrogen-bond donors (Lipinski definition) is 2. The van der Waals surface area contributed by atoms with Gasteiger partial charge in [-0.1, -0.05) is 6.92 Å². The van der Waals surface area contributed by atoms with E-state index in [1.807, 2.05) is 19.9 Å². The molecule has 0 radical (unpaired) electrons. The largest absolute Gasteiger partial charge is 0.508 e. The molecular formula is C14H14N4O. The van der Waals surface area contributed by atoms with Gasteiger partial charge in [-0.3, -0.25) is 0 Å². The normalized spacial score (nSPS) is 11.1. The second kappa shape index (κ2) is 4.35. The van der Waals surface area contributed by atoms with E-state index in [4.69, 9.17) is 0 Å². The molecule has 0 bridgehead atoms. The fraction of sp³-hybridized carbons (Fsp3) is 0.214. The van der Waals surface area contributed by atoms with Crippen molar-refractivity contribution < 1.29 is 5.11 Å². The number of benzene rings is 1. The molecule has 0 saturated heterocycles. The van der Waals surface area contributed by atoms with Crippen LogP contribution in [0.2, 0.25) is 0 Å². The molecule has 0 fully saturated rings. The molecule has 19 heavy (non-hydrogen) atoms. The standard InChI is InChI=1S/C14H14N4O/c1-3-11-10(6-8(2)17-18-11)14-15-12-5-4-9(19)7-13(12)16-14/h4-7,19H,3H2,1-2H3,(H,15,16).